The minimum Gasteiger partial charge on any atom is -0.315 e. The molecule has 2 radical (unpaired) electrons. The first-order valence-electron chi connectivity index (χ1n) is 5.15. The molecule has 0 aromatic rings. The van der Waals surface area contributed by atoms with Crippen molar-refractivity contribution < 1.29 is 0 Å². The molecule has 0 saturated heterocycles. The maximum atomic E-state index is 5.91. The average Bonchev–Trinajstić information content (AvgIpc) is 2.00. The summed E-state index contributed by atoms with van der Waals surface area (Å²) in [7, 11) is 5.91. The lowest BCUT2D eigenvalue weighted by molar-refractivity contribution is 0.540. The number of rotatable bonds is 7. The summed E-state index contributed by atoms with van der Waals surface area (Å²) >= 11 is 0. The Morgan fingerprint density at radius 1 is 1.25 bits per heavy atom. The average molecular weight is 167 g/mol. The number of nitrogens with one attached hydrogen (secondary N) is 1. The van der Waals surface area contributed by atoms with Gasteiger partial charge < -0.3 is 5.32 Å². The molecule has 0 aliphatic carbocycles. The summed E-state index contributed by atoms with van der Waals surface area (Å²) in [5, 5.41) is 3.37. The molecule has 70 valence electrons. The third kappa shape index (κ3) is 8.12. The first-order valence-corrected chi connectivity index (χ1v) is 5.15. The zero-order valence-electron chi connectivity index (χ0n) is 8.77. The van der Waals surface area contributed by atoms with Gasteiger partial charge in [-0.1, -0.05) is 45.9 Å². The highest BCUT2D eigenvalue weighted by atomic mass is 14.9. The molecule has 12 heavy (non-hydrogen) atoms. The minimum absolute atomic E-state index is 0.399. The van der Waals surface area contributed by atoms with E-state index in [4.69, 9.17) is 7.85 Å². The maximum absolute atomic E-state index is 5.91. The monoisotopic (exact) mass is 167 g/mol. The van der Waals surface area contributed by atoms with E-state index in [-0.39, 0.29) is 0 Å². The normalized spacial score (nSPS) is 13.7. The molecular weight excluding hydrogens is 145 g/mol. The topological polar surface area (TPSA) is 12.0 Å². The first-order chi connectivity index (χ1) is 5.66. The van der Waals surface area contributed by atoms with E-state index in [2.05, 4.69) is 26.1 Å². The fraction of sp³-hybridized carbons (Fsp3) is 1.00. The highest BCUT2D eigenvalue weighted by molar-refractivity contribution is 6.11. The molecule has 0 aromatic carbocycles. The number of hydrogen-bond acceptors (Lipinski definition) is 1. The minimum atomic E-state index is 0.399. The Kier molecular flexibility index (Phi) is 7.68. The van der Waals surface area contributed by atoms with E-state index in [1.165, 1.54) is 19.3 Å². The van der Waals surface area contributed by atoms with E-state index < -0.39 is 0 Å². The van der Waals surface area contributed by atoms with Gasteiger partial charge >= 0.3 is 0 Å². The third-order valence-electron chi connectivity index (χ3n) is 2.00. The molecule has 0 aliphatic rings. The van der Waals surface area contributed by atoms with Crippen molar-refractivity contribution in [2.24, 2.45) is 0 Å². The molecule has 0 saturated carbocycles. The van der Waals surface area contributed by atoms with E-state index >= 15 is 0 Å². The molecular formula is C10H22BN. The first kappa shape index (κ1) is 12.0. The molecule has 1 unspecified atom stereocenters. The third-order valence-corrected chi connectivity index (χ3v) is 2.00. The Morgan fingerprint density at radius 2 is 1.92 bits per heavy atom. The lowest BCUT2D eigenvalue weighted by Gasteiger charge is -2.13. The second-order valence-electron chi connectivity index (χ2n) is 3.80. The summed E-state index contributed by atoms with van der Waals surface area (Å²) in [6.07, 6.45) is 4.81. The van der Waals surface area contributed by atoms with Crippen LogP contribution in [0.4, 0.5) is 0 Å². The largest absolute Gasteiger partial charge is 0.315 e. The van der Waals surface area contributed by atoms with Crippen LogP contribution in [0.1, 0.15) is 46.5 Å². The quantitative estimate of drug-likeness (QED) is 0.574. The molecule has 0 bridgehead atoms. The molecule has 0 aromatic heterocycles. The Hall–Kier alpha value is 0.0249. The molecule has 0 fully saturated rings. The zero-order valence-corrected chi connectivity index (χ0v) is 8.77. The van der Waals surface area contributed by atoms with Gasteiger partial charge in [-0.15, -0.1) is 0 Å². The van der Waals surface area contributed by atoms with Crippen molar-refractivity contribution in [2.45, 2.75) is 58.3 Å². The molecule has 1 nitrogen and oxygen atoms in total. The number of hydrogen-bond donors (Lipinski definition) is 1. The van der Waals surface area contributed by atoms with Crippen molar-refractivity contribution >= 4 is 7.85 Å². The van der Waals surface area contributed by atoms with E-state index in [1.54, 1.807) is 0 Å². The van der Waals surface area contributed by atoms with Crippen LogP contribution in [0.2, 0.25) is 5.82 Å². The lowest BCUT2D eigenvalue weighted by atomic mass is 9.80. The molecule has 1 N–H and O–H groups in total. The molecule has 2 heteroatoms. The summed E-state index contributed by atoms with van der Waals surface area (Å²) in [5.41, 5.74) is 0. The standard InChI is InChI=1S/C10H22BN/c1-4-5-6-10(11)7-8-12-9(2)3/h9-10,12H,4-8H2,1-3H3. The van der Waals surface area contributed by atoms with Crippen LogP contribution in [0.5, 0.6) is 0 Å². The maximum Gasteiger partial charge on any atom is 0.0700 e. The second kappa shape index (κ2) is 7.66. The van der Waals surface area contributed by atoms with Crippen LogP contribution in [0.3, 0.4) is 0 Å². The Balaban J connectivity index is 3.13. The van der Waals surface area contributed by atoms with Gasteiger partial charge in [0.1, 0.15) is 0 Å². The van der Waals surface area contributed by atoms with Gasteiger partial charge in [-0.25, -0.2) is 0 Å². The van der Waals surface area contributed by atoms with Gasteiger partial charge in [0.05, 0.1) is 7.85 Å². The summed E-state index contributed by atoms with van der Waals surface area (Å²) in [6, 6.07) is 0.586. The van der Waals surface area contributed by atoms with Gasteiger partial charge in [0.2, 0.25) is 0 Å². The van der Waals surface area contributed by atoms with E-state index in [9.17, 15) is 0 Å². The second-order valence-corrected chi connectivity index (χ2v) is 3.80. The van der Waals surface area contributed by atoms with Crippen molar-refractivity contribution in [2.75, 3.05) is 6.54 Å². The fourth-order valence-corrected chi connectivity index (χ4v) is 1.17. The van der Waals surface area contributed by atoms with Crippen molar-refractivity contribution in [1.29, 1.82) is 0 Å². The van der Waals surface area contributed by atoms with Crippen LogP contribution in [0.15, 0.2) is 0 Å². The van der Waals surface area contributed by atoms with Gasteiger partial charge in [0.25, 0.3) is 0 Å². The van der Waals surface area contributed by atoms with Gasteiger partial charge in [-0.3, -0.25) is 0 Å². The summed E-state index contributed by atoms with van der Waals surface area (Å²) in [5.74, 6) is 0.399. The van der Waals surface area contributed by atoms with Crippen LogP contribution < -0.4 is 5.32 Å². The molecule has 0 rings (SSSR count). The van der Waals surface area contributed by atoms with Crippen LogP contribution in [-0.2, 0) is 0 Å². The van der Waals surface area contributed by atoms with E-state index in [0.29, 0.717) is 11.9 Å². The van der Waals surface area contributed by atoms with Gasteiger partial charge in [-0.05, 0) is 13.0 Å². The Bertz CT molecular complexity index is 93.8. The number of unbranched alkanes of at least 4 members (excludes halogenated alkanes) is 1. The smallest absolute Gasteiger partial charge is 0.0700 e. The van der Waals surface area contributed by atoms with Crippen molar-refractivity contribution in [3.8, 4) is 0 Å². The fourth-order valence-electron chi connectivity index (χ4n) is 1.17. The molecule has 1 atom stereocenters. The van der Waals surface area contributed by atoms with Crippen LogP contribution in [-0.4, -0.2) is 20.4 Å². The van der Waals surface area contributed by atoms with Gasteiger partial charge in [0.15, 0.2) is 0 Å². The Labute approximate surface area is 78.7 Å². The molecule has 0 spiro atoms. The molecule has 0 amide bonds. The highest BCUT2D eigenvalue weighted by Crippen LogP contribution is 2.13. The summed E-state index contributed by atoms with van der Waals surface area (Å²) in [4.78, 5) is 0. The van der Waals surface area contributed by atoms with Crippen LogP contribution in [0, 0.1) is 0 Å². The summed E-state index contributed by atoms with van der Waals surface area (Å²) in [6.45, 7) is 7.59. The Morgan fingerprint density at radius 3 is 2.42 bits per heavy atom. The predicted octanol–water partition coefficient (Wildman–Crippen LogP) is 2.52. The SMILES string of the molecule is [B]C(CCCC)CCNC(C)C. The van der Waals surface area contributed by atoms with Crippen molar-refractivity contribution in [3.63, 3.8) is 0 Å². The van der Waals surface area contributed by atoms with E-state index in [0.717, 1.165) is 13.0 Å². The predicted molar refractivity (Wildman–Crippen MR) is 56.8 cm³/mol. The van der Waals surface area contributed by atoms with Gasteiger partial charge in [0, 0.05) is 6.04 Å². The molecule has 0 aliphatic heterocycles. The van der Waals surface area contributed by atoms with Crippen LogP contribution in [0.25, 0.3) is 0 Å². The van der Waals surface area contributed by atoms with E-state index in [1.807, 2.05) is 0 Å². The zero-order chi connectivity index (χ0) is 9.40. The lowest BCUT2D eigenvalue weighted by Crippen LogP contribution is -2.24. The van der Waals surface area contributed by atoms with Crippen molar-refractivity contribution in [3.05, 3.63) is 0 Å². The summed E-state index contributed by atoms with van der Waals surface area (Å²) < 4.78 is 0. The van der Waals surface area contributed by atoms with Gasteiger partial charge in [-0.2, -0.15) is 0 Å². The highest BCUT2D eigenvalue weighted by Gasteiger charge is 2.00. The molecule has 0 heterocycles. The van der Waals surface area contributed by atoms with Crippen molar-refractivity contribution in [1.82, 2.24) is 5.32 Å². The van der Waals surface area contributed by atoms with Crippen LogP contribution >= 0.6 is 0 Å².